The molecular weight excluding hydrogens is 284 g/mol. The summed E-state index contributed by atoms with van der Waals surface area (Å²) in [6, 6.07) is 6.18. The van der Waals surface area contributed by atoms with Gasteiger partial charge < -0.3 is 0 Å². The van der Waals surface area contributed by atoms with Crippen LogP contribution in [0.4, 0.5) is 17.6 Å². The maximum Gasteiger partial charge on any atom is 0.429 e. The van der Waals surface area contributed by atoms with E-state index in [0.29, 0.717) is 4.47 Å². The van der Waals surface area contributed by atoms with Crippen LogP contribution in [0.5, 0.6) is 0 Å². The van der Waals surface area contributed by atoms with E-state index in [2.05, 4.69) is 15.9 Å². The van der Waals surface area contributed by atoms with E-state index in [1.807, 2.05) is 0 Å². The zero-order valence-electron chi connectivity index (χ0n) is 6.68. The molecule has 0 heterocycles. The molecule has 0 nitrogen and oxygen atoms in total. The van der Waals surface area contributed by atoms with Crippen LogP contribution in [0.1, 0.15) is 0 Å². The molecule has 0 aromatic heterocycles. The van der Waals surface area contributed by atoms with Gasteiger partial charge in [0.2, 0.25) is 5.50 Å². The molecule has 78 valence electrons. The molecule has 0 aliphatic rings. The number of rotatable bonds is 2. The zero-order chi connectivity index (χ0) is 10.8. The average molecular weight is 289 g/mol. The predicted molar refractivity (Wildman–Crippen MR) is 51.0 cm³/mol. The summed E-state index contributed by atoms with van der Waals surface area (Å²) >= 11 is 3.18. The molecule has 0 bridgehead atoms. The summed E-state index contributed by atoms with van der Waals surface area (Å²) in [5.74, 6) is 0. The maximum absolute atomic E-state index is 12.6. The predicted octanol–water partition coefficient (Wildman–Crippen LogP) is 4.40. The number of thioether (sulfide) groups is 1. The summed E-state index contributed by atoms with van der Waals surface area (Å²) in [4.78, 5) is 0.234. The van der Waals surface area contributed by atoms with Gasteiger partial charge in [-0.05, 0) is 28.1 Å². The molecule has 0 amide bonds. The minimum absolute atomic E-state index is 0.139. The van der Waals surface area contributed by atoms with E-state index in [0.717, 1.165) is 0 Å². The zero-order valence-corrected chi connectivity index (χ0v) is 9.09. The molecule has 0 saturated heterocycles. The first-order chi connectivity index (χ1) is 6.41. The minimum Gasteiger partial charge on any atom is -0.225 e. The van der Waals surface area contributed by atoms with Crippen molar-refractivity contribution in [2.24, 2.45) is 0 Å². The first-order valence-electron chi connectivity index (χ1n) is 3.53. The third kappa shape index (κ3) is 3.16. The van der Waals surface area contributed by atoms with E-state index in [1.165, 1.54) is 6.07 Å². The molecule has 1 aromatic carbocycles. The molecule has 1 aromatic rings. The lowest BCUT2D eigenvalue weighted by Crippen LogP contribution is -2.20. The highest BCUT2D eigenvalue weighted by atomic mass is 79.9. The van der Waals surface area contributed by atoms with Crippen LogP contribution in [0, 0.1) is 0 Å². The van der Waals surface area contributed by atoms with E-state index in [4.69, 9.17) is 0 Å². The van der Waals surface area contributed by atoms with Crippen molar-refractivity contribution in [2.75, 3.05) is 0 Å². The SMILES string of the molecule is FC(Sc1ccccc1Br)C(F)(F)F. The van der Waals surface area contributed by atoms with Crippen molar-refractivity contribution >= 4 is 27.7 Å². The van der Waals surface area contributed by atoms with Gasteiger partial charge in [0, 0.05) is 9.37 Å². The van der Waals surface area contributed by atoms with E-state index in [-0.39, 0.29) is 16.7 Å². The van der Waals surface area contributed by atoms with Gasteiger partial charge in [0.05, 0.1) is 0 Å². The number of hydrogen-bond acceptors (Lipinski definition) is 1. The van der Waals surface area contributed by atoms with Gasteiger partial charge in [0.15, 0.2) is 0 Å². The number of hydrogen-bond donors (Lipinski definition) is 0. The Morgan fingerprint density at radius 2 is 1.79 bits per heavy atom. The summed E-state index contributed by atoms with van der Waals surface area (Å²) in [6.45, 7) is 0. The fraction of sp³-hybridized carbons (Fsp3) is 0.250. The van der Waals surface area contributed by atoms with Crippen LogP contribution in [0.15, 0.2) is 33.6 Å². The van der Waals surface area contributed by atoms with Crippen LogP contribution >= 0.6 is 27.7 Å². The third-order valence-corrected chi connectivity index (χ3v) is 3.36. The van der Waals surface area contributed by atoms with Crippen molar-refractivity contribution in [3.63, 3.8) is 0 Å². The monoisotopic (exact) mass is 288 g/mol. The summed E-state index contributed by atoms with van der Waals surface area (Å²) in [5.41, 5.74) is -2.89. The van der Waals surface area contributed by atoms with Crippen LogP contribution in [0.25, 0.3) is 0 Å². The quantitative estimate of drug-likeness (QED) is 0.574. The van der Waals surface area contributed by atoms with Gasteiger partial charge in [-0.15, -0.1) is 0 Å². The molecule has 0 radical (unpaired) electrons. The van der Waals surface area contributed by atoms with Crippen LogP contribution in [0.2, 0.25) is 0 Å². The van der Waals surface area contributed by atoms with Crippen molar-refractivity contribution < 1.29 is 17.6 Å². The molecule has 0 N–H and O–H groups in total. The molecule has 0 aliphatic heterocycles. The van der Waals surface area contributed by atoms with Crippen molar-refractivity contribution in [1.29, 1.82) is 0 Å². The maximum atomic E-state index is 12.6. The molecule has 0 saturated carbocycles. The Hall–Kier alpha value is -0.230. The first kappa shape index (κ1) is 11.8. The lowest BCUT2D eigenvalue weighted by molar-refractivity contribution is -0.154. The number of halogens is 5. The molecule has 0 fully saturated rings. The second-order valence-electron chi connectivity index (χ2n) is 2.41. The molecule has 1 unspecified atom stereocenters. The smallest absolute Gasteiger partial charge is 0.225 e. The number of benzene rings is 1. The normalized spacial score (nSPS) is 14.1. The lowest BCUT2D eigenvalue weighted by atomic mass is 10.4. The minimum atomic E-state index is -4.82. The van der Waals surface area contributed by atoms with Crippen LogP contribution in [-0.4, -0.2) is 11.7 Å². The third-order valence-electron chi connectivity index (χ3n) is 1.32. The van der Waals surface area contributed by atoms with Gasteiger partial charge in [-0.25, -0.2) is 4.39 Å². The fourth-order valence-electron chi connectivity index (χ4n) is 0.719. The van der Waals surface area contributed by atoms with Gasteiger partial charge in [-0.3, -0.25) is 0 Å². The van der Waals surface area contributed by atoms with Crippen molar-refractivity contribution in [3.8, 4) is 0 Å². The first-order valence-corrected chi connectivity index (χ1v) is 5.20. The average Bonchev–Trinajstić information content (AvgIpc) is 2.07. The van der Waals surface area contributed by atoms with Crippen molar-refractivity contribution in [1.82, 2.24) is 0 Å². The second-order valence-corrected chi connectivity index (χ2v) is 4.35. The Morgan fingerprint density at radius 1 is 1.21 bits per heavy atom. The van der Waals surface area contributed by atoms with Gasteiger partial charge in [0.25, 0.3) is 0 Å². The Morgan fingerprint density at radius 3 is 2.29 bits per heavy atom. The van der Waals surface area contributed by atoms with E-state index in [9.17, 15) is 17.6 Å². The van der Waals surface area contributed by atoms with Gasteiger partial charge in [-0.1, -0.05) is 23.9 Å². The summed E-state index contributed by atoms with van der Waals surface area (Å²) in [6.07, 6.45) is -4.82. The highest BCUT2D eigenvalue weighted by Crippen LogP contribution is 2.38. The summed E-state index contributed by atoms with van der Waals surface area (Å²) < 4.78 is 48.6. The van der Waals surface area contributed by atoms with Crippen molar-refractivity contribution in [2.45, 2.75) is 16.6 Å². The highest BCUT2D eigenvalue weighted by Gasteiger charge is 2.41. The van der Waals surface area contributed by atoms with Crippen LogP contribution < -0.4 is 0 Å². The Labute approximate surface area is 90.8 Å². The van der Waals surface area contributed by atoms with Gasteiger partial charge >= 0.3 is 6.18 Å². The van der Waals surface area contributed by atoms with E-state index in [1.54, 1.807) is 18.2 Å². The Bertz CT molecular complexity index is 312. The molecule has 6 heteroatoms. The largest absolute Gasteiger partial charge is 0.429 e. The molecule has 0 spiro atoms. The lowest BCUT2D eigenvalue weighted by Gasteiger charge is -2.12. The van der Waals surface area contributed by atoms with E-state index >= 15 is 0 Å². The van der Waals surface area contributed by atoms with Crippen LogP contribution in [-0.2, 0) is 0 Å². The molecular formula is C8H5BrF4S. The van der Waals surface area contributed by atoms with Crippen molar-refractivity contribution in [3.05, 3.63) is 28.7 Å². The van der Waals surface area contributed by atoms with Crippen LogP contribution in [0.3, 0.4) is 0 Å². The second kappa shape index (κ2) is 4.53. The van der Waals surface area contributed by atoms with Gasteiger partial charge in [-0.2, -0.15) is 13.2 Å². The Balaban J connectivity index is 2.75. The number of alkyl halides is 4. The highest BCUT2D eigenvalue weighted by molar-refractivity contribution is 9.10. The molecule has 1 rings (SSSR count). The fourth-order valence-corrected chi connectivity index (χ4v) is 1.98. The molecule has 14 heavy (non-hydrogen) atoms. The topological polar surface area (TPSA) is 0 Å². The molecule has 0 aliphatic carbocycles. The van der Waals surface area contributed by atoms with Gasteiger partial charge in [0.1, 0.15) is 0 Å². The van der Waals surface area contributed by atoms with E-state index < -0.39 is 11.7 Å². The summed E-state index contributed by atoms with van der Waals surface area (Å²) in [5, 5.41) is 0. The standard InChI is InChI=1S/C8H5BrF4S/c9-5-3-1-2-4-6(5)14-7(10)8(11,12)13/h1-4,7H. The Kier molecular flexibility index (Phi) is 3.83. The summed E-state index contributed by atoms with van der Waals surface area (Å²) in [7, 11) is 0. The molecule has 1 atom stereocenters.